The van der Waals surface area contributed by atoms with Crippen LogP contribution in [0.3, 0.4) is 0 Å². The van der Waals surface area contributed by atoms with E-state index in [1.165, 1.54) is 0 Å². The predicted molar refractivity (Wildman–Crippen MR) is 80.6 cm³/mol. The van der Waals surface area contributed by atoms with Gasteiger partial charge in [0.2, 0.25) is 0 Å². The Morgan fingerprint density at radius 3 is 2.79 bits per heavy atom. The maximum atomic E-state index is 6.22. The summed E-state index contributed by atoms with van der Waals surface area (Å²) in [6.45, 7) is 6.10. The second-order valence-corrected chi connectivity index (χ2v) is 5.76. The molecule has 0 unspecified atom stereocenters. The van der Waals surface area contributed by atoms with E-state index in [0.29, 0.717) is 16.0 Å². The van der Waals surface area contributed by atoms with Gasteiger partial charge in [-0.1, -0.05) is 37.0 Å². The van der Waals surface area contributed by atoms with E-state index >= 15 is 0 Å². The Morgan fingerprint density at radius 2 is 2.11 bits per heavy atom. The summed E-state index contributed by atoms with van der Waals surface area (Å²) in [4.78, 5) is 0. The molecule has 0 amide bonds. The van der Waals surface area contributed by atoms with Crippen LogP contribution in [0, 0.1) is 5.92 Å². The van der Waals surface area contributed by atoms with E-state index in [0.717, 1.165) is 29.9 Å². The fraction of sp³-hybridized carbons (Fsp3) is 0.357. The summed E-state index contributed by atoms with van der Waals surface area (Å²) in [5.41, 5.74) is 2.97. The standard InChI is InChI=1S/C14H17Cl2N3/c1-9(2)6-17-7-10-8-18-19-14(10)12-4-3-11(15)5-13(12)16/h3-5,8-9,17H,6-7H2,1-2H3,(H,18,19). The highest BCUT2D eigenvalue weighted by Gasteiger charge is 2.11. The van der Waals surface area contributed by atoms with E-state index in [2.05, 4.69) is 29.4 Å². The van der Waals surface area contributed by atoms with Crippen molar-refractivity contribution >= 4 is 23.2 Å². The topological polar surface area (TPSA) is 40.7 Å². The number of nitrogens with zero attached hydrogens (tertiary/aromatic N) is 1. The van der Waals surface area contributed by atoms with Crippen molar-refractivity contribution in [3.8, 4) is 11.3 Å². The zero-order chi connectivity index (χ0) is 13.8. The van der Waals surface area contributed by atoms with Gasteiger partial charge in [0, 0.05) is 22.7 Å². The normalized spacial score (nSPS) is 11.2. The van der Waals surface area contributed by atoms with Crippen molar-refractivity contribution < 1.29 is 0 Å². The minimum Gasteiger partial charge on any atom is -0.312 e. The van der Waals surface area contributed by atoms with Crippen LogP contribution >= 0.6 is 23.2 Å². The molecule has 0 spiro atoms. The summed E-state index contributed by atoms with van der Waals surface area (Å²) in [7, 11) is 0. The summed E-state index contributed by atoms with van der Waals surface area (Å²) < 4.78 is 0. The summed E-state index contributed by atoms with van der Waals surface area (Å²) in [6, 6.07) is 5.48. The third-order valence-corrected chi connectivity index (χ3v) is 3.33. The van der Waals surface area contributed by atoms with Crippen LogP contribution in [0.15, 0.2) is 24.4 Å². The van der Waals surface area contributed by atoms with Gasteiger partial charge in [0.25, 0.3) is 0 Å². The van der Waals surface area contributed by atoms with Gasteiger partial charge in [-0.05, 0) is 30.7 Å². The average Bonchev–Trinajstić information content (AvgIpc) is 2.77. The van der Waals surface area contributed by atoms with Crippen LogP contribution in [0.4, 0.5) is 0 Å². The van der Waals surface area contributed by atoms with E-state index in [4.69, 9.17) is 23.2 Å². The predicted octanol–water partition coefficient (Wildman–Crippen LogP) is 4.13. The van der Waals surface area contributed by atoms with Crippen LogP contribution in [-0.2, 0) is 6.54 Å². The molecule has 0 radical (unpaired) electrons. The second-order valence-electron chi connectivity index (χ2n) is 4.92. The molecule has 1 aromatic carbocycles. The van der Waals surface area contributed by atoms with Gasteiger partial charge in [-0.3, -0.25) is 5.10 Å². The number of hydrogen-bond donors (Lipinski definition) is 2. The van der Waals surface area contributed by atoms with E-state index in [9.17, 15) is 0 Å². The van der Waals surface area contributed by atoms with Crippen LogP contribution in [0.5, 0.6) is 0 Å². The summed E-state index contributed by atoms with van der Waals surface area (Å²) >= 11 is 12.1. The molecule has 1 aromatic heterocycles. The first-order valence-electron chi connectivity index (χ1n) is 6.26. The zero-order valence-corrected chi connectivity index (χ0v) is 12.5. The van der Waals surface area contributed by atoms with Gasteiger partial charge in [-0.25, -0.2) is 0 Å². The van der Waals surface area contributed by atoms with Gasteiger partial charge in [-0.15, -0.1) is 0 Å². The molecule has 0 aliphatic heterocycles. The minimum atomic E-state index is 0.620. The molecule has 0 saturated carbocycles. The first-order valence-corrected chi connectivity index (χ1v) is 7.02. The first kappa shape index (κ1) is 14.4. The van der Waals surface area contributed by atoms with Crippen molar-refractivity contribution in [3.05, 3.63) is 40.0 Å². The Hall–Kier alpha value is -1.03. The molecule has 19 heavy (non-hydrogen) atoms. The Bertz CT molecular complexity index is 549. The van der Waals surface area contributed by atoms with E-state index in [1.807, 2.05) is 18.3 Å². The third-order valence-electron chi connectivity index (χ3n) is 2.79. The van der Waals surface area contributed by atoms with Crippen molar-refractivity contribution in [2.24, 2.45) is 5.92 Å². The lowest BCUT2D eigenvalue weighted by atomic mass is 10.1. The number of rotatable bonds is 5. The van der Waals surface area contributed by atoms with Gasteiger partial charge in [0.1, 0.15) is 0 Å². The van der Waals surface area contributed by atoms with E-state index < -0.39 is 0 Å². The fourth-order valence-electron chi connectivity index (χ4n) is 1.87. The fourth-order valence-corrected chi connectivity index (χ4v) is 2.37. The average molecular weight is 298 g/mol. The quantitative estimate of drug-likeness (QED) is 0.871. The molecule has 5 heteroatoms. The van der Waals surface area contributed by atoms with Crippen LogP contribution in [0.25, 0.3) is 11.3 Å². The molecule has 3 nitrogen and oxygen atoms in total. The number of aromatic nitrogens is 2. The monoisotopic (exact) mass is 297 g/mol. The molecule has 2 N–H and O–H groups in total. The zero-order valence-electron chi connectivity index (χ0n) is 11.0. The van der Waals surface area contributed by atoms with Crippen molar-refractivity contribution in [1.82, 2.24) is 15.5 Å². The molecule has 0 fully saturated rings. The van der Waals surface area contributed by atoms with Crippen LogP contribution in [0.2, 0.25) is 10.0 Å². The Morgan fingerprint density at radius 1 is 1.32 bits per heavy atom. The number of hydrogen-bond acceptors (Lipinski definition) is 2. The highest BCUT2D eigenvalue weighted by molar-refractivity contribution is 6.36. The highest BCUT2D eigenvalue weighted by Crippen LogP contribution is 2.30. The van der Waals surface area contributed by atoms with Gasteiger partial charge in [0.15, 0.2) is 0 Å². The highest BCUT2D eigenvalue weighted by atomic mass is 35.5. The smallest absolute Gasteiger partial charge is 0.0710 e. The maximum Gasteiger partial charge on any atom is 0.0710 e. The number of H-pyrrole nitrogens is 1. The first-order chi connectivity index (χ1) is 9.08. The summed E-state index contributed by atoms with van der Waals surface area (Å²) in [5.74, 6) is 0.620. The molecule has 0 aliphatic carbocycles. The van der Waals surface area contributed by atoms with Gasteiger partial charge in [-0.2, -0.15) is 5.10 Å². The Balaban J connectivity index is 2.19. The van der Waals surface area contributed by atoms with Gasteiger partial charge >= 0.3 is 0 Å². The van der Waals surface area contributed by atoms with Crippen LogP contribution < -0.4 is 5.32 Å². The van der Waals surface area contributed by atoms with Crippen molar-refractivity contribution in [2.75, 3.05) is 6.54 Å². The van der Waals surface area contributed by atoms with Gasteiger partial charge < -0.3 is 5.32 Å². The van der Waals surface area contributed by atoms with Crippen LogP contribution in [0.1, 0.15) is 19.4 Å². The third kappa shape index (κ3) is 3.72. The van der Waals surface area contributed by atoms with Crippen LogP contribution in [-0.4, -0.2) is 16.7 Å². The number of benzene rings is 1. The molecule has 2 rings (SSSR count). The van der Waals surface area contributed by atoms with Crippen molar-refractivity contribution in [1.29, 1.82) is 0 Å². The molecular weight excluding hydrogens is 281 g/mol. The molecule has 102 valence electrons. The molecule has 0 bridgehead atoms. The molecule has 1 heterocycles. The largest absolute Gasteiger partial charge is 0.312 e. The lowest BCUT2D eigenvalue weighted by molar-refractivity contribution is 0.553. The SMILES string of the molecule is CC(C)CNCc1cn[nH]c1-c1ccc(Cl)cc1Cl. The molecule has 0 atom stereocenters. The molecule has 2 aromatic rings. The Kier molecular flexibility index (Phi) is 4.86. The number of nitrogens with one attached hydrogen (secondary N) is 2. The second kappa shape index (κ2) is 6.42. The van der Waals surface area contributed by atoms with Gasteiger partial charge in [0.05, 0.1) is 16.9 Å². The maximum absolute atomic E-state index is 6.22. The minimum absolute atomic E-state index is 0.620. The summed E-state index contributed by atoms with van der Waals surface area (Å²) in [5, 5.41) is 11.8. The number of halogens is 2. The van der Waals surface area contributed by atoms with Crippen molar-refractivity contribution in [2.45, 2.75) is 20.4 Å². The summed E-state index contributed by atoms with van der Waals surface area (Å²) in [6.07, 6.45) is 1.83. The lowest BCUT2D eigenvalue weighted by Gasteiger charge is -2.09. The Labute approximate surface area is 123 Å². The van der Waals surface area contributed by atoms with Crippen molar-refractivity contribution in [3.63, 3.8) is 0 Å². The molecule has 0 aliphatic rings. The molecular formula is C14H17Cl2N3. The van der Waals surface area contributed by atoms with E-state index in [-0.39, 0.29) is 0 Å². The lowest BCUT2D eigenvalue weighted by Crippen LogP contribution is -2.19. The molecule has 0 saturated heterocycles. The number of aromatic amines is 1. The van der Waals surface area contributed by atoms with E-state index in [1.54, 1.807) is 6.07 Å².